The van der Waals surface area contributed by atoms with E-state index in [9.17, 15) is 14.4 Å². The largest absolute Gasteiger partial charge is 0.462 e. The maximum absolute atomic E-state index is 12.4. The van der Waals surface area contributed by atoms with Crippen molar-refractivity contribution in [1.82, 2.24) is 0 Å². The number of halogens is 2. The van der Waals surface area contributed by atoms with Crippen LogP contribution in [0.5, 0.6) is 0 Å². The zero-order valence-electron chi connectivity index (χ0n) is 12.8. The van der Waals surface area contributed by atoms with Gasteiger partial charge in [-0.2, -0.15) is 0 Å². The summed E-state index contributed by atoms with van der Waals surface area (Å²) in [6, 6.07) is 0. The van der Waals surface area contributed by atoms with E-state index in [1.807, 2.05) is 0 Å². The van der Waals surface area contributed by atoms with Crippen LogP contribution in [-0.4, -0.2) is 28.7 Å². The minimum absolute atomic E-state index is 0.0883. The highest BCUT2D eigenvalue weighted by atomic mass is 35.5. The maximum atomic E-state index is 12.4. The number of rotatable bonds is 5. The third-order valence-corrected chi connectivity index (χ3v) is 6.13. The van der Waals surface area contributed by atoms with E-state index in [1.165, 1.54) is 0 Å². The van der Waals surface area contributed by atoms with Crippen LogP contribution >= 0.6 is 34.5 Å². The van der Waals surface area contributed by atoms with Crippen LogP contribution in [0.2, 0.25) is 0 Å². The number of carbonyl (C=O) groups is 3. The lowest BCUT2D eigenvalue weighted by Gasteiger charge is -2.12. The number of anilines is 1. The highest BCUT2D eigenvalue weighted by Gasteiger charge is 2.68. The quantitative estimate of drug-likeness (QED) is 0.607. The van der Waals surface area contributed by atoms with Gasteiger partial charge in [0.15, 0.2) is 0 Å². The lowest BCUT2D eigenvalue weighted by molar-refractivity contribution is -0.120. The Morgan fingerprint density at radius 2 is 1.96 bits per heavy atom. The van der Waals surface area contributed by atoms with Gasteiger partial charge in [-0.15, -0.1) is 34.5 Å². The zero-order valence-corrected chi connectivity index (χ0v) is 15.1. The van der Waals surface area contributed by atoms with Gasteiger partial charge in [0.2, 0.25) is 5.91 Å². The summed E-state index contributed by atoms with van der Waals surface area (Å²) in [6.45, 7) is 5.07. The van der Waals surface area contributed by atoms with E-state index in [-0.39, 0.29) is 22.0 Å². The number of hydrogen-bond acceptors (Lipinski definition) is 5. The molecule has 6 nitrogen and oxygen atoms in total. The van der Waals surface area contributed by atoms with Crippen molar-refractivity contribution < 1.29 is 19.1 Å². The Morgan fingerprint density at radius 1 is 1.39 bits per heavy atom. The van der Waals surface area contributed by atoms with E-state index in [1.54, 1.807) is 20.8 Å². The molecular weight excluding hydrogens is 363 g/mol. The molecule has 1 aliphatic rings. The minimum atomic E-state index is -1.14. The van der Waals surface area contributed by atoms with Gasteiger partial charge in [0, 0.05) is 0 Å². The average Bonchev–Trinajstić information content (AvgIpc) is 2.78. The lowest BCUT2D eigenvalue weighted by Crippen LogP contribution is -2.26. The van der Waals surface area contributed by atoms with Gasteiger partial charge in [0.25, 0.3) is 5.91 Å². The summed E-state index contributed by atoms with van der Waals surface area (Å²) < 4.78 is 3.80. The van der Waals surface area contributed by atoms with Crippen molar-refractivity contribution in [2.24, 2.45) is 11.1 Å². The van der Waals surface area contributed by atoms with Gasteiger partial charge >= 0.3 is 5.97 Å². The molecule has 1 aliphatic carbocycles. The second-order valence-electron chi connectivity index (χ2n) is 5.51. The van der Waals surface area contributed by atoms with E-state index in [2.05, 4.69) is 5.32 Å². The molecule has 1 atom stereocenters. The first-order valence-electron chi connectivity index (χ1n) is 6.84. The molecule has 1 saturated carbocycles. The van der Waals surface area contributed by atoms with Crippen molar-refractivity contribution in [3.05, 3.63) is 16.0 Å². The van der Waals surface area contributed by atoms with E-state index < -0.39 is 27.5 Å². The second-order valence-corrected chi connectivity index (χ2v) is 8.02. The molecule has 3 N–H and O–H groups in total. The number of esters is 1. The molecule has 0 aromatic carbocycles. The summed E-state index contributed by atoms with van der Waals surface area (Å²) in [6.07, 6.45) is 0.302. The zero-order chi connectivity index (χ0) is 17.6. The highest BCUT2D eigenvalue weighted by Crippen LogP contribution is 2.64. The second kappa shape index (κ2) is 5.96. The third-order valence-electron chi connectivity index (χ3n) is 3.84. The van der Waals surface area contributed by atoms with Crippen molar-refractivity contribution in [3.8, 4) is 0 Å². The van der Waals surface area contributed by atoms with Crippen LogP contribution < -0.4 is 11.1 Å². The molecule has 2 rings (SSSR count). The van der Waals surface area contributed by atoms with Crippen LogP contribution in [0, 0.1) is 12.3 Å². The predicted molar refractivity (Wildman–Crippen MR) is 89.3 cm³/mol. The van der Waals surface area contributed by atoms with Crippen LogP contribution in [0.25, 0.3) is 0 Å². The number of nitrogens with one attached hydrogen (secondary N) is 1. The van der Waals surface area contributed by atoms with Crippen molar-refractivity contribution in [3.63, 3.8) is 0 Å². The van der Waals surface area contributed by atoms with E-state index >= 15 is 0 Å². The number of alkyl halides is 2. The first-order chi connectivity index (χ1) is 10.5. The fraction of sp³-hybridized carbons (Fsp3) is 0.500. The van der Waals surface area contributed by atoms with E-state index in [0.717, 1.165) is 11.3 Å². The Hall–Kier alpha value is -1.31. The molecule has 0 saturated heterocycles. The summed E-state index contributed by atoms with van der Waals surface area (Å²) in [7, 11) is 0. The summed E-state index contributed by atoms with van der Waals surface area (Å²) in [4.78, 5) is 36.2. The predicted octanol–water partition coefficient (Wildman–Crippen LogP) is 2.85. The molecule has 1 fully saturated rings. The summed E-state index contributed by atoms with van der Waals surface area (Å²) in [5.74, 6) is -1.74. The van der Waals surface area contributed by atoms with Crippen molar-refractivity contribution in [1.29, 1.82) is 0 Å². The molecule has 0 unspecified atom stereocenters. The van der Waals surface area contributed by atoms with Gasteiger partial charge in [-0.3, -0.25) is 9.59 Å². The summed E-state index contributed by atoms with van der Waals surface area (Å²) in [5.41, 5.74) is 4.88. The summed E-state index contributed by atoms with van der Waals surface area (Å²) >= 11 is 12.9. The van der Waals surface area contributed by atoms with Gasteiger partial charge in [0.05, 0.1) is 17.6 Å². The smallest absolute Gasteiger partial charge is 0.348 e. The molecule has 1 aromatic heterocycles. The number of carbonyl (C=O) groups excluding carboxylic acids is 3. The first kappa shape index (κ1) is 18.0. The van der Waals surface area contributed by atoms with Crippen molar-refractivity contribution in [2.45, 2.75) is 31.5 Å². The molecule has 0 bridgehead atoms. The molecule has 9 heteroatoms. The SMILES string of the molecule is CCOC(=O)c1sc(NC(=O)[C@@]2(C)CC2(Cl)Cl)c(C(N)=O)c1C. The van der Waals surface area contributed by atoms with Crippen LogP contribution in [0.1, 0.15) is 45.9 Å². The first-order valence-corrected chi connectivity index (χ1v) is 8.42. The molecule has 0 radical (unpaired) electrons. The van der Waals surface area contributed by atoms with Crippen molar-refractivity contribution >= 4 is 57.3 Å². The maximum Gasteiger partial charge on any atom is 0.348 e. The van der Waals surface area contributed by atoms with Crippen LogP contribution in [0.15, 0.2) is 0 Å². The van der Waals surface area contributed by atoms with Crippen molar-refractivity contribution in [2.75, 3.05) is 11.9 Å². The standard InChI is InChI=1S/C14H16Cl2N2O4S/c1-4-22-11(20)8-6(2)7(9(17)19)10(23-8)18-12(21)13(3)5-14(13,15)16/h4-5H2,1-3H3,(H2,17,19)(H,18,21)/t13-/m1/s1. The van der Waals surface area contributed by atoms with Gasteiger partial charge < -0.3 is 15.8 Å². The lowest BCUT2D eigenvalue weighted by atomic mass is 10.1. The monoisotopic (exact) mass is 378 g/mol. The number of amides is 2. The minimum Gasteiger partial charge on any atom is -0.462 e. The average molecular weight is 379 g/mol. The van der Waals surface area contributed by atoms with Crippen LogP contribution in [0.4, 0.5) is 5.00 Å². The van der Waals surface area contributed by atoms with E-state index in [4.69, 9.17) is 33.7 Å². The molecule has 2 amide bonds. The Bertz CT molecular complexity index is 701. The third kappa shape index (κ3) is 3.05. The molecule has 23 heavy (non-hydrogen) atoms. The van der Waals surface area contributed by atoms with Gasteiger partial charge in [0.1, 0.15) is 14.2 Å². The van der Waals surface area contributed by atoms with Crippen LogP contribution in [-0.2, 0) is 9.53 Å². The molecule has 1 aromatic rings. The normalized spacial score (nSPS) is 21.6. The highest BCUT2D eigenvalue weighted by molar-refractivity contribution is 7.18. The number of ether oxygens (including phenoxy) is 1. The Morgan fingerprint density at radius 3 is 2.39 bits per heavy atom. The Labute approximate surface area is 147 Å². The molecule has 0 aliphatic heterocycles. The van der Waals surface area contributed by atoms with Gasteiger partial charge in [-0.1, -0.05) is 0 Å². The molecule has 1 heterocycles. The molecule has 126 valence electrons. The fourth-order valence-corrected chi connectivity index (χ4v) is 3.98. The molecular formula is C14H16Cl2N2O4S. The summed E-state index contributed by atoms with van der Waals surface area (Å²) in [5, 5.41) is 2.80. The fourth-order valence-electron chi connectivity index (χ4n) is 2.18. The van der Waals surface area contributed by atoms with Gasteiger partial charge in [-0.05, 0) is 32.8 Å². The number of thiophene rings is 1. The number of primary amides is 1. The van der Waals surface area contributed by atoms with Gasteiger partial charge in [-0.25, -0.2) is 4.79 Å². The Kier molecular flexibility index (Phi) is 4.67. The Balaban J connectivity index is 2.35. The van der Waals surface area contributed by atoms with E-state index in [0.29, 0.717) is 12.0 Å². The number of hydrogen-bond donors (Lipinski definition) is 2. The topological polar surface area (TPSA) is 98.5 Å². The number of nitrogens with two attached hydrogens (primary N) is 1. The molecule has 0 spiro atoms. The van der Waals surface area contributed by atoms with Crippen LogP contribution in [0.3, 0.4) is 0 Å².